The average molecular weight is 661 g/mol. The second-order valence-electron chi connectivity index (χ2n) is 14.6. The van der Waals surface area contributed by atoms with E-state index in [1.807, 2.05) is 0 Å². The fourth-order valence-electron chi connectivity index (χ4n) is 7.36. The highest BCUT2D eigenvalue weighted by atomic mass is 32.1. The maximum absolute atomic E-state index is 10.3. The van der Waals surface area contributed by atoms with E-state index in [4.69, 9.17) is 13.8 Å². The van der Waals surface area contributed by atoms with Gasteiger partial charge in [-0.25, -0.2) is 0 Å². The van der Waals surface area contributed by atoms with Gasteiger partial charge in [-0.1, -0.05) is 135 Å². The number of carbonyl (C=O) groups excluding carboxylic acids is 1. The lowest BCUT2D eigenvalue weighted by molar-refractivity contribution is -0.954. The number of quaternary nitrogens is 1. The topological polar surface area (TPSA) is 61.3 Å². The number of rotatable bonds is 30. The molecule has 0 bridgehead atoms. The largest absolute Gasteiger partial charge is 0.475 e. The van der Waals surface area contributed by atoms with Crippen LogP contribution in [-0.2, 0) is 9.53 Å². The van der Waals surface area contributed by atoms with Crippen LogP contribution in [-0.4, -0.2) is 59.1 Å². The smallest absolute Gasteiger partial charge is 0.253 e. The summed E-state index contributed by atoms with van der Waals surface area (Å²) in [4.78, 5) is 10.3. The Hall–Kier alpha value is -1.31. The van der Waals surface area contributed by atoms with Gasteiger partial charge in [0.25, 0.3) is 5.88 Å². The molecule has 0 N–H and O–H groups in total. The first-order valence-corrected chi connectivity index (χ1v) is 20.4. The Balaban J connectivity index is 1.23. The van der Waals surface area contributed by atoms with Crippen molar-refractivity contribution in [3.05, 3.63) is 11.8 Å². The van der Waals surface area contributed by atoms with E-state index >= 15 is 0 Å². The molecule has 1 aromatic heterocycles. The zero-order valence-corrected chi connectivity index (χ0v) is 30.8. The minimum Gasteiger partial charge on any atom is -0.475 e. The van der Waals surface area contributed by atoms with Gasteiger partial charge < -0.3 is 14.3 Å². The second kappa shape index (κ2) is 24.8. The minimum absolute atomic E-state index is 0.293. The van der Waals surface area contributed by atoms with Crippen molar-refractivity contribution in [1.29, 1.82) is 0 Å². The molecule has 0 amide bonds. The van der Waals surface area contributed by atoms with Crippen molar-refractivity contribution in [2.24, 2.45) is 5.92 Å². The van der Waals surface area contributed by atoms with Gasteiger partial charge in [0.1, 0.15) is 18.5 Å². The molecule has 1 aliphatic carbocycles. The van der Waals surface area contributed by atoms with Crippen molar-refractivity contribution in [1.82, 2.24) is 8.75 Å². The van der Waals surface area contributed by atoms with Gasteiger partial charge in [-0.3, -0.25) is 4.48 Å². The van der Waals surface area contributed by atoms with Crippen molar-refractivity contribution in [3.8, 4) is 5.88 Å². The van der Waals surface area contributed by atoms with Crippen LogP contribution >= 0.6 is 11.7 Å². The van der Waals surface area contributed by atoms with Crippen molar-refractivity contribution in [2.75, 3.05) is 33.4 Å². The third kappa shape index (κ3) is 15.3. The number of hydrogen-bond acceptors (Lipinski definition) is 6. The Morgan fingerprint density at radius 1 is 0.804 bits per heavy atom. The third-order valence-electron chi connectivity index (χ3n) is 10.5. The molecule has 7 heteroatoms. The van der Waals surface area contributed by atoms with Crippen LogP contribution in [0.5, 0.6) is 5.88 Å². The molecule has 2 atom stereocenters. The number of likely N-dealkylation sites (N-methyl/N-ethyl adjacent to an activating group) is 1. The summed E-state index contributed by atoms with van der Waals surface area (Å²) in [5, 5.41) is 0. The van der Waals surface area contributed by atoms with Gasteiger partial charge in [-0.05, 0) is 32.1 Å². The van der Waals surface area contributed by atoms with Crippen LogP contribution < -0.4 is 4.74 Å². The van der Waals surface area contributed by atoms with Crippen molar-refractivity contribution < 1.29 is 18.8 Å². The predicted molar refractivity (Wildman–Crippen MR) is 194 cm³/mol. The Labute approximate surface area is 287 Å². The molecule has 0 aromatic carbocycles. The number of ether oxygens (including phenoxy) is 2. The highest BCUT2D eigenvalue weighted by Crippen LogP contribution is 2.39. The summed E-state index contributed by atoms with van der Waals surface area (Å²) < 4.78 is 23.1. The lowest BCUT2D eigenvalue weighted by atomic mass is 9.82. The zero-order valence-electron chi connectivity index (χ0n) is 30.0. The quantitative estimate of drug-likeness (QED) is 0.0467. The second-order valence-corrected chi connectivity index (χ2v) is 15.2. The van der Waals surface area contributed by atoms with Gasteiger partial charge in [0.15, 0.2) is 6.23 Å². The van der Waals surface area contributed by atoms with Crippen LogP contribution in [0.3, 0.4) is 0 Å². The number of hydrogen-bond donors (Lipinski definition) is 0. The highest BCUT2D eigenvalue weighted by molar-refractivity contribution is 6.99. The Kier molecular flexibility index (Phi) is 21.1. The van der Waals surface area contributed by atoms with Crippen LogP contribution in [0.1, 0.15) is 180 Å². The molecule has 0 spiro atoms. The molecular formula is C39H70N3O3S+. The number of unbranched alkanes of at least 4 members (excludes halogenated alkanes) is 20. The summed E-state index contributed by atoms with van der Waals surface area (Å²) in [6, 6.07) is 0. The first-order valence-electron chi connectivity index (χ1n) is 19.7. The van der Waals surface area contributed by atoms with Crippen molar-refractivity contribution in [3.63, 3.8) is 0 Å². The fourth-order valence-corrected chi connectivity index (χ4v) is 7.89. The molecule has 46 heavy (non-hydrogen) atoms. The maximum atomic E-state index is 10.3. The highest BCUT2D eigenvalue weighted by Gasteiger charge is 2.44. The van der Waals surface area contributed by atoms with Crippen molar-refractivity contribution >= 4 is 23.6 Å². The Bertz CT molecular complexity index is 933. The number of aldehydes is 1. The lowest BCUT2D eigenvalue weighted by Gasteiger charge is -2.48. The van der Waals surface area contributed by atoms with E-state index in [-0.39, 0.29) is 0 Å². The predicted octanol–water partition coefficient (Wildman–Crippen LogP) is 11.1. The number of aromatic nitrogens is 2. The number of nitrogens with zero attached hydrogens (tertiary/aromatic N) is 3. The molecule has 264 valence electrons. The Morgan fingerprint density at radius 2 is 1.37 bits per heavy atom. The van der Waals surface area contributed by atoms with Crippen LogP contribution in [0.15, 0.2) is 6.08 Å². The molecule has 6 nitrogen and oxygen atoms in total. The first-order chi connectivity index (χ1) is 22.7. The van der Waals surface area contributed by atoms with Crippen LogP contribution in [0.4, 0.5) is 0 Å². The monoisotopic (exact) mass is 661 g/mol. The molecule has 1 fully saturated rings. The van der Waals surface area contributed by atoms with Gasteiger partial charge in [-0.15, -0.1) is 4.37 Å². The molecule has 2 unspecified atom stereocenters. The first kappa shape index (κ1) is 39.1. The normalized spacial score (nSPS) is 19.1. The van der Waals surface area contributed by atoms with E-state index in [2.05, 4.69) is 24.4 Å². The van der Waals surface area contributed by atoms with E-state index in [9.17, 15) is 4.79 Å². The van der Waals surface area contributed by atoms with E-state index in [1.165, 1.54) is 159 Å². The van der Waals surface area contributed by atoms with Gasteiger partial charge in [-0.2, -0.15) is 4.37 Å². The summed E-state index contributed by atoms with van der Waals surface area (Å²) >= 11 is 1.28. The molecule has 2 aliphatic rings. The zero-order chi connectivity index (χ0) is 32.5. The van der Waals surface area contributed by atoms with Gasteiger partial charge in [0.2, 0.25) is 0 Å². The van der Waals surface area contributed by atoms with Gasteiger partial charge in [0.05, 0.1) is 38.5 Å². The van der Waals surface area contributed by atoms with E-state index in [0.717, 1.165) is 74.3 Å². The summed E-state index contributed by atoms with van der Waals surface area (Å²) in [5.41, 5.74) is 2.27. The molecule has 0 saturated heterocycles. The van der Waals surface area contributed by atoms with Crippen molar-refractivity contribution in [2.45, 2.75) is 180 Å². The molecule has 1 aliphatic heterocycles. The third-order valence-corrected chi connectivity index (χ3v) is 11.0. The molecule has 0 radical (unpaired) electrons. The molecular weight excluding hydrogens is 591 g/mol. The summed E-state index contributed by atoms with van der Waals surface area (Å²) in [6.07, 6.45) is 37.2. The molecule has 1 saturated carbocycles. The van der Waals surface area contributed by atoms with E-state index < -0.39 is 0 Å². The van der Waals surface area contributed by atoms with E-state index in [0.29, 0.717) is 12.1 Å². The van der Waals surface area contributed by atoms with Crippen LogP contribution in [0.25, 0.3) is 5.57 Å². The maximum Gasteiger partial charge on any atom is 0.253 e. The van der Waals surface area contributed by atoms with Crippen LogP contribution in [0, 0.1) is 5.92 Å². The van der Waals surface area contributed by atoms with E-state index in [1.54, 1.807) is 0 Å². The van der Waals surface area contributed by atoms with Gasteiger partial charge in [0, 0.05) is 24.3 Å². The molecule has 2 heterocycles. The Morgan fingerprint density at radius 3 is 1.93 bits per heavy atom. The fraction of sp³-hybridized carbons (Fsp3) is 0.872. The van der Waals surface area contributed by atoms with Gasteiger partial charge >= 0.3 is 0 Å². The summed E-state index contributed by atoms with van der Waals surface area (Å²) in [5.74, 6) is 1.43. The summed E-state index contributed by atoms with van der Waals surface area (Å²) in [6.45, 7) is 5.98. The SMILES string of the molecule is CCCCCCOc1nsnc1C1=CCC[N+](C)(C(OCCCCCCCCCCCCCCCCCCCC=O)C2CCC2)C1. The standard InChI is InChI=1S/C39H70N3O3S/c1-3-4-5-23-32-44-38-37(40-46-41-38)36-29-26-30-42(2,34-36)39(35-27-25-28-35)45-33-24-21-19-17-15-13-11-9-7-6-8-10-12-14-16-18-20-22-31-43/h29,31,35,39H,3-28,30,32-34H2,1-2H3/q+1. The average Bonchev–Trinajstić information content (AvgIpc) is 3.51. The van der Waals surface area contributed by atoms with Crippen LogP contribution in [0.2, 0.25) is 0 Å². The molecule has 1 aromatic rings. The lowest BCUT2D eigenvalue weighted by Crippen LogP contribution is -2.59. The summed E-state index contributed by atoms with van der Waals surface area (Å²) in [7, 11) is 2.42. The molecule has 3 rings (SSSR count). The minimum atomic E-state index is 0.293. The number of carbonyl (C=O) groups is 1.